The van der Waals surface area contributed by atoms with Crippen LogP contribution in [0, 0.1) is 13.8 Å². The van der Waals surface area contributed by atoms with E-state index in [2.05, 4.69) is 10.5 Å². The van der Waals surface area contributed by atoms with E-state index in [1.54, 1.807) is 13.8 Å². The van der Waals surface area contributed by atoms with Crippen LogP contribution in [0.15, 0.2) is 29.4 Å². The normalized spacial score (nSPS) is 10.8. The molecule has 0 fully saturated rings. The van der Waals surface area contributed by atoms with Crippen LogP contribution in [0.2, 0.25) is 5.02 Å². The highest BCUT2D eigenvalue weighted by Crippen LogP contribution is 2.29. The first-order valence-electron chi connectivity index (χ1n) is 7.04. The number of ether oxygens (including phenoxy) is 1. The molecule has 7 heteroatoms. The van der Waals surface area contributed by atoms with Gasteiger partial charge in [-0.2, -0.15) is 5.10 Å². The first-order chi connectivity index (χ1) is 11.3. The highest BCUT2D eigenvalue weighted by atomic mass is 35.5. The summed E-state index contributed by atoms with van der Waals surface area (Å²) in [5.74, 6) is -0.337. The lowest BCUT2D eigenvalue weighted by Gasteiger charge is -2.09. The lowest BCUT2D eigenvalue weighted by molar-refractivity contribution is 0.0954. The van der Waals surface area contributed by atoms with E-state index < -0.39 is 5.91 Å². The standard InChI is InChI=1S/C17H17ClN2O4/c1-9-6-14(22)12(10(2)16(9)18)8-19-20-17(23)11-4-5-13(21)15(7-11)24-3/h4-8,21-22H,1-3H3,(H,20,23)/b19-8+. The Labute approximate surface area is 144 Å². The number of halogens is 1. The molecule has 0 heterocycles. The smallest absolute Gasteiger partial charge is 0.271 e. The van der Waals surface area contributed by atoms with Crippen molar-refractivity contribution in [2.75, 3.05) is 7.11 Å². The SMILES string of the molecule is COc1cc(C(=O)N/N=C/c2c(O)cc(C)c(Cl)c2C)ccc1O. The fourth-order valence-electron chi connectivity index (χ4n) is 2.15. The fourth-order valence-corrected chi connectivity index (χ4v) is 2.31. The Bertz CT molecular complexity index is 819. The van der Waals surface area contributed by atoms with Crippen LogP contribution in [-0.4, -0.2) is 29.4 Å². The third-order valence-electron chi connectivity index (χ3n) is 3.51. The third-order valence-corrected chi connectivity index (χ3v) is 4.09. The lowest BCUT2D eigenvalue weighted by atomic mass is 10.1. The van der Waals surface area contributed by atoms with Crippen LogP contribution in [-0.2, 0) is 0 Å². The molecule has 2 aromatic carbocycles. The van der Waals surface area contributed by atoms with Crippen LogP contribution >= 0.6 is 11.6 Å². The fraction of sp³-hybridized carbons (Fsp3) is 0.176. The summed E-state index contributed by atoms with van der Waals surface area (Å²) in [6.45, 7) is 3.54. The van der Waals surface area contributed by atoms with Gasteiger partial charge in [0, 0.05) is 16.1 Å². The lowest BCUT2D eigenvalue weighted by Crippen LogP contribution is -2.17. The first kappa shape index (κ1) is 17.6. The molecule has 0 aliphatic rings. The molecular weight excluding hydrogens is 332 g/mol. The molecule has 2 rings (SSSR count). The molecule has 0 radical (unpaired) electrons. The number of nitrogens with one attached hydrogen (secondary N) is 1. The summed E-state index contributed by atoms with van der Waals surface area (Å²) in [5, 5.41) is 23.9. The summed E-state index contributed by atoms with van der Waals surface area (Å²) in [6.07, 6.45) is 1.32. The second kappa shape index (κ2) is 7.23. The molecule has 0 aromatic heterocycles. The number of hydrazone groups is 1. The average molecular weight is 349 g/mol. The summed E-state index contributed by atoms with van der Waals surface area (Å²) >= 11 is 6.14. The van der Waals surface area contributed by atoms with Crippen molar-refractivity contribution in [3.05, 3.63) is 51.5 Å². The number of rotatable bonds is 4. The molecule has 24 heavy (non-hydrogen) atoms. The van der Waals surface area contributed by atoms with E-state index in [1.807, 2.05) is 0 Å². The summed E-state index contributed by atoms with van der Waals surface area (Å²) < 4.78 is 4.95. The minimum atomic E-state index is -0.486. The van der Waals surface area contributed by atoms with Crippen LogP contribution in [0.1, 0.15) is 27.0 Å². The number of aryl methyl sites for hydroxylation is 1. The van der Waals surface area contributed by atoms with Crippen LogP contribution in [0.5, 0.6) is 17.2 Å². The van der Waals surface area contributed by atoms with Crippen molar-refractivity contribution in [3.63, 3.8) is 0 Å². The van der Waals surface area contributed by atoms with Gasteiger partial charge in [-0.1, -0.05) is 11.6 Å². The zero-order chi connectivity index (χ0) is 17.9. The molecule has 0 saturated heterocycles. The molecule has 126 valence electrons. The minimum absolute atomic E-state index is 0.0266. The van der Waals surface area contributed by atoms with E-state index in [4.69, 9.17) is 16.3 Å². The van der Waals surface area contributed by atoms with Gasteiger partial charge in [0.1, 0.15) is 5.75 Å². The number of phenolic OH excluding ortho intramolecular Hbond substituents is 2. The van der Waals surface area contributed by atoms with Gasteiger partial charge in [-0.3, -0.25) is 4.79 Å². The van der Waals surface area contributed by atoms with E-state index in [0.717, 1.165) is 5.56 Å². The van der Waals surface area contributed by atoms with Crippen LogP contribution in [0.4, 0.5) is 0 Å². The summed E-state index contributed by atoms with van der Waals surface area (Å²) in [6, 6.07) is 5.72. The number of carbonyl (C=O) groups is 1. The minimum Gasteiger partial charge on any atom is -0.507 e. The molecule has 1 amide bonds. The van der Waals surface area contributed by atoms with Gasteiger partial charge in [0.15, 0.2) is 11.5 Å². The van der Waals surface area contributed by atoms with Gasteiger partial charge < -0.3 is 14.9 Å². The second-order valence-corrected chi connectivity index (χ2v) is 5.53. The van der Waals surface area contributed by atoms with Gasteiger partial charge in [0.2, 0.25) is 0 Å². The molecule has 2 aromatic rings. The molecular formula is C17H17ClN2O4. The molecule has 6 nitrogen and oxygen atoms in total. The van der Waals surface area contributed by atoms with E-state index in [1.165, 1.54) is 37.6 Å². The first-order valence-corrected chi connectivity index (χ1v) is 7.42. The van der Waals surface area contributed by atoms with Crippen molar-refractivity contribution in [3.8, 4) is 17.2 Å². The highest BCUT2D eigenvalue weighted by molar-refractivity contribution is 6.32. The largest absolute Gasteiger partial charge is 0.507 e. The molecule has 3 N–H and O–H groups in total. The second-order valence-electron chi connectivity index (χ2n) is 5.15. The maximum absolute atomic E-state index is 12.1. The predicted octanol–water partition coefficient (Wildman–Crippen LogP) is 3.14. The number of nitrogens with zero attached hydrogens (tertiary/aromatic N) is 1. The number of phenols is 2. The van der Waals surface area contributed by atoms with Crippen LogP contribution < -0.4 is 10.2 Å². The summed E-state index contributed by atoms with van der Waals surface area (Å²) in [7, 11) is 1.39. The maximum atomic E-state index is 12.1. The van der Waals surface area contributed by atoms with Crippen LogP contribution in [0.3, 0.4) is 0 Å². The van der Waals surface area contributed by atoms with Gasteiger partial charge in [0.05, 0.1) is 13.3 Å². The number of hydrogen-bond acceptors (Lipinski definition) is 5. The molecule has 0 spiro atoms. The van der Waals surface area contributed by atoms with E-state index >= 15 is 0 Å². The predicted molar refractivity (Wildman–Crippen MR) is 92.3 cm³/mol. The third kappa shape index (κ3) is 3.60. The monoisotopic (exact) mass is 348 g/mol. The van der Waals surface area contributed by atoms with Gasteiger partial charge >= 0.3 is 0 Å². The van der Waals surface area contributed by atoms with Gasteiger partial charge in [-0.15, -0.1) is 0 Å². The quantitative estimate of drug-likeness (QED) is 0.584. The van der Waals surface area contributed by atoms with Crippen molar-refractivity contribution in [1.29, 1.82) is 0 Å². The van der Waals surface area contributed by atoms with Gasteiger partial charge in [-0.05, 0) is 49.2 Å². The average Bonchev–Trinajstić information content (AvgIpc) is 2.56. The zero-order valence-corrected chi connectivity index (χ0v) is 14.2. The molecule has 0 unspecified atom stereocenters. The molecule has 0 bridgehead atoms. The molecule has 0 aliphatic heterocycles. The number of carbonyl (C=O) groups excluding carboxylic acids is 1. The molecule has 0 aliphatic carbocycles. The summed E-state index contributed by atoms with van der Waals surface area (Å²) in [5.41, 5.74) is 4.46. The zero-order valence-electron chi connectivity index (χ0n) is 13.4. The molecule has 0 atom stereocenters. The molecule has 0 saturated carbocycles. The number of methoxy groups -OCH3 is 1. The van der Waals surface area contributed by atoms with E-state index in [9.17, 15) is 15.0 Å². The van der Waals surface area contributed by atoms with Gasteiger partial charge in [0.25, 0.3) is 5.91 Å². The maximum Gasteiger partial charge on any atom is 0.271 e. The number of aromatic hydroxyl groups is 2. The number of benzene rings is 2. The van der Waals surface area contributed by atoms with E-state index in [-0.39, 0.29) is 22.8 Å². The van der Waals surface area contributed by atoms with Crippen molar-refractivity contribution < 1.29 is 19.7 Å². The Morgan fingerprint density at radius 2 is 1.96 bits per heavy atom. The Kier molecular flexibility index (Phi) is 5.31. The number of hydrogen-bond donors (Lipinski definition) is 3. The van der Waals surface area contributed by atoms with Crippen molar-refractivity contribution in [2.45, 2.75) is 13.8 Å². The Hall–Kier alpha value is -2.73. The number of amides is 1. The Morgan fingerprint density at radius 3 is 2.62 bits per heavy atom. The topological polar surface area (TPSA) is 91.2 Å². The van der Waals surface area contributed by atoms with Crippen LogP contribution in [0.25, 0.3) is 0 Å². The van der Waals surface area contributed by atoms with Gasteiger partial charge in [-0.25, -0.2) is 5.43 Å². The Balaban J connectivity index is 2.18. The van der Waals surface area contributed by atoms with Crippen molar-refractivity contribution >= 4 is 23.7 Å². The van der Waals surface area contributed by atoms with E-state index in [0.29, 0.717) is 16.1 Å². The van der Waals surface area contributed by atoms with Crippen molar-refractivity contribution in [2.24, 2.45) is 5.10 Å². The highest BCUT2D eigenvalue weighted by Gasteiger charge is 2.11. The summed E-state index contributed by atoms with van der Waals surface area (Å²) in [4.78, 5) is 12.1. The van der Waals surface area contributed by atoms with Crippen molar-refractivity contribution in [1.82, 2.24) is 5.43 Å². The Morgan fingerprint density at radius 1 is 1.25 bits per heavy atom.